The number of carbonyl (C=O) groups excluding carboxylic acids is 3. The second-order valence-corrected chi connectivity index (χ2v) is 22.0. The number of unbranched alkanes of at least 4 members (excludes halogenated alkanes) is 31. The summed E-state index contributed by atoms with van der Waals surface area (Å²) >= 11 is 0. The molecule has 0 amide bonds. The molecule has 0 saturated heterocycles. The lowest BCUT2D eigenvalue weighted by Crippen LogP contribution is -2.30. The largest absolute Gasteiger partial charge is 0.462 e. The molecule has 6 heteroatoms. The summed E-state index contributed by atoms with van der Waals surface area (Å²) in [6.07, 6.45) is 90.9. The van der Waals surface area contributed by atoms with Gasteiger partial charge < -0.3 is 14.2 Å². The number of carbonyl (C=O) groups is 3. The summed E-state index contributed by atoms with van der Waals surface area (Å²) < 4.78 is 16.9. The van der Waals surface area contributed by atoms with Crippen LogP contribution < -0.4 is 0 Å². The van der Waals surface area contributed by atoms with Crippen molar-refractivity contribution in [3.63, 3.8) is 0 Å². The van der Waals surface area contributed by atoms with Gasteiger partial charge in [0.1, 0.15) is 13.2 Å². The Morgan fingerprint density at radius 2 is 0.494 bits per heavy atom. The summed E-state index contributed by atoms with van der Waals surface area (Å²) in [5.41, 5.74) is 0. The van der Waals surface area contributed by atoms with E-state index in [0.717, 1.165) is 128 Å². The van der Waals surface area contributed by atoms with Gasteiger partial charge in [0.05, 0.1) is 0 Å². The van der Waals surface area contributed by atoms with E-state index in [1.807, 2.05) is 0 Å². The molecule has 0 radical (unpaired) electrons. The van der Waals surface area contributed by atoms with E-state index in [-0.39, 0.29) is 31.1 Å². The molecule has 1 atom stereocenters. The predicted octanol–water partition coefficient (Wildman–Crippen LogP) is 23.0. The minimum atomic E-state index is -0.791. The minimum absolute atomic E-state index is 0.0877. The fraction of sp³-hybridized carbons (Fsp3) is 0.712. The molecule has 0 aromatic rings. The Labute approximate surface area is 489 Å². The zero-order valence-electron chi connectivity index (χ0n) is 51.9. The van der Waals surface area contributed by atoms with Crippen molar-refractivity contribution in [3.05, 3.63) is 109 Å². The normalized spacial score (nSPS) is 12.8. The molecule has 0 heterocycles. The van der Waals surface area contributed by atoms with Crippen LogP contribution in [0.15, 0.2) is 109 Å². The van der Waals surface area contributed by atoms with Crippen LogP contribution in [-0.4, -0.2) is 37.2 Å². The van der Waals surface area contributed by atoms with Gasteiger partial charge in [-0.15, -0.1) is 0 Å². The second kappa shape index (κ2) is 66.6. The molecule has 79 heavy (non-hydrogen) atoms. The Bertz CT molecular complexity index is 1590. The van der Waals surface area contributed by atoms with Gasteiger partial charge in [0, 0.05) is 19.3 Å². The average Bonchev–Trinajstić information content (AvgIpc) is 3.45. The highest BCUT2D eigenvalue weighted by atomic mass is 16.6. The van der Waals surface area contributed by atoms with Crippen LogP contribution >= 0.6 is 0 Å². The summed E-state index contributed by atoms with van der Waals surface area (Å²) in [6, 6.07) is 0. The quantitative estimate of drug-likeness (QED) is 0.0261. The fourth-order valence-corrected chi connectivity index (χ4v) is 9.24. The number of rotatable bonds is 60. The topological polar surface area (TPSA) is 78.9 Å². The maximum Gasteiger partial charge on any atom is 0.306 e. The van der Waals surface area contributed by atoms with E-state index in [1.165, 1.54) is 148 Å². The third-order valence-corrected chi connectivity index (χ3v) is 14.2. The lowest BCUT2D eigenvalue weighted by atomic mass is 10.1. The first-order chi connectivity index (χ1) is 39.0. The van der Waals surface area contributed by atoms with Crippen LogP contribution in [0.5, 0.6) is 0 Å². The highest BCUT2D eigenvalue weighted by Crippen LogP contribution is 2.16. The highest BCUT2D eigenvalue weighted by Gasteiger charge is 2.19. The Hall–Kier alpha value is -3.93. The summed E-state index contributed by atoms with van der Waals surface area (Å²) in [4.78, 5) is 38.4. The molecule has 0 spiro atoms. The molecule has 6 nitrogen and oxygen atoms in total. The van der Waals surface area contributed by atoms with E-state index in [1.54, 1.807) is 0 Å². The van der Waals surface area contributed by atoms with Crippen molar-refractivity contribution in [3.8, 4) is 0 Å². The van der Waals surface area contributed by atoms with Gasteiger partial charge in [-0.3, -0.25) is 14.4 Å². The Balaban J connectivity index is 4.37. The molecule has 0 bridgehead atoms. The van der Waals surface area contributed by atoms with Gasteiger partial charge >= 0.3 is 17.9 Å². The van der Waals surface area contributed by atoms with Crippen molar-refractivity contribution in [1.82, 2.24) is 0 Å². The maximum absolute atomic E-state index is 12.9. The van der Waals surface area contributed by atoms with Crippen LogP contribution in [0.3, 0.4) is 0 Å². The number of allylic oxidation sites excluding steroid dienone is 18. The van der Waals surface area contributed by atoms with Crippen LogP contribution in [-0.2, 0) is 28.6 Å². The van der Waals surface area contributed by atoms with E-state index in [9.17, 15) is 14.4 Å². The molecule has 1 unspecified atom stereocenters. The Morgan fingerprint density at radius 3 is 0.810 bits per heavy atom. The van der Waals surface area contributed by atoms with Gasteiger partial charge in [0.15, 0.2) is 6.10 Å². The molecule has 0 N–H and O–H groups in total. The molecule has 0 aromatic heterocycles. The summed E-state index contributed by atoms with van der Waals surface area (Å²) in [7, 11) is 0. The second-order valence-electron chi connectivity index (χ2n) is 22.0. The van der Waals surface area contributed by atoms with Crippen LogP contribution in [0.1, 0.15) is 316 Å². The monoisotopic (exact) mass is 1100 g/mol. The number of hydrogen-bond donors (Lipinski definition) is 0. The first kappa shape index (κ1) is 75.1. The van der Waals surface area contributed by atoms with Gasteiger partial charge in [-0.2, -0.15) is 0 Å². The minimum Gasteiger partial charge on any atom is -0.462 e. The van der Waals surface area contributed by atoms with E-state index < -0.39 is 6.10 Å². The van der Waals surface area contributed by atoms with Crippen LogP contribution in [0.25, 0.3) is 0 Å². The van der Waals surface area contributed by atoms with Gasteiger partial charge in [0.25, 0.3) is 0 Å². The molecule has 0 aliphatic rings. The highest BCUT2D eigenvalue weighted by molar-refractivity contribution is 5.71. The zero-order valence-corrected chi connectivity index (χ0v) is 51.9. The molecule has 0 aliphatic heterocycles. The molecular weight excluding hydrogens is 973 g/mol. The van der Waals surface area contributed by atoms with Gasteiger partial charge in [0.2, 0.25) is 0 Å². The molecule has 0 rings (SSSR count). The van der Waals surface area contributed by atoms with E-state index in [0.29, 0.717) is 19.3 Å². The van der Waals surface area contributed by atoms with E-state index in [2.05, 4.69) is 130 Å². The Morgan fingerprint density at radius 1 is 0.266 bits per heavy atom. The molecule has 0 saturated carbocycles. The molecule has 0 aliphatic carbocycles. The van der Waals surface area contributed by atoms with E-state index in [4.69, 9.17) is 14.2 Å². The molecule has 0 aromatic carbocycles. The Kier molecular flexibility index (Phi) is 63.3. The van der Waals surface area contributed by atoms with Crippen LogP contribution in [0, 0.1) is 0 Å². The SMILES string of the molecule is CC/C=C\C/C=C\C/C=C\C/C=C\C/C=C\C/C=C\CCCCCCCCCCC(=O)OCC(COC(=O)CCCCCCC/C=C\C/C=C\CCCCC)OC(=O)CCCCCCCCCCC/C=C\CCCCCCCC. The lowest BCUT2D eigenvalue weighted by Gasteiger charge is -2.18. The summed E-state index contributed by atoms with van der Waals surface area (Å²) in [5, 5.41) is 0. The standard InChI is InChI=1S/C73H124O6/c1-4-7-10-13-16-19-22-25-28-30-32-33-34-35-36-37-38-39-41-42-45-48-51-54-57-60-63-66-72(75)78-69-70(68-77-71(74)65-62-59-56-53-50-47-44-27-24-21-18-15-12-9-6-3)79-73(76)67-64-61-58-55-52-49-46-43-40-31-29-26-23-20-17-14-11-8-5-2/h7,10,16,18-19,21,25-29,32-33,35-36,38-39,44,70H,4-6,8-9,11-15,17,20,22-24,30-31,34,37,40-43,45-69H2,1-3H3/b10-7-,19-16-,21-18-,28-25-,29-26-,33-32-,36-35-,39-38-,44-27-. The van der Waals surface area contributed by atoms with Gasteiger partial charge in [-0.25, -0.2) is 0 Å². The maximum atomic E-state index is 12.9. The van der Waals surface area contributed by atoms with Crippen molar-refractivity contribution in [2.24, 2.45) is 0 Å². The molecule has 0 fully saturated rings. The third-order valence-electron chi connectivity index (χ3n) is 14.2. The first-order valence-corrected chi connectivity index (χ1v) is 33.4. The van der Waals surface area contributed by atoms with Crippen LogP contribution in [0.4, 0.5) is 0 Å². The van der Waals surface area contributed by atoms with Crippen molar-refractivity contribution < 1.29 is 28.6 Å². The van der Waals surface area contributed by atoms with Crippen molar-refractivity contribution >= 4 is 17.9 Å². The van der Waals surface area contributed by atoms with Crippen molar-refractivity contribution in [2.45, 2.75) is 322 Å². The van der Waals surface area contributed by atoms with Crippen molar-refractivity contribution in [1.29, 1.82) is 0 Å². The summed E-state index contributed by atoms with van der Waals surface area (Å²) in [5.74, 6) is -0.901. The van der Waals surface area contributed by atoms with E-state index >= 15 is 0 Å². The van der Waals surface area contributed by atoms with Crippen LogP contribution in [0.2, 0.25) is 0 Å². The summed E-state index contributed by atoms with van der Waals surface area (Å²) in [6.45, 7) is 6.50. The smallest absolute Gasteiger partial charge is 0.306 e. The zero-order chi connectivity index (χ0) is 57.1. The molecular formula is C73H124O6. The van der Waals surface area contributed by atoms with Crippen molar-refractivity contribution in [2.75, 3.05) is 13.2 Å². The number of esters is 3. The fourth-order valence-electron chi connectivity index (χ4n) is 9.24. The lowest BCUT2D eigenvalue weighted by molar-refractivity contribution is -0.167. The van der Waals surface area contributed by atoms with Gasteiger partial charge in [-0.1, -0.05) is 278 Å². The average molecular weight is 1100 g/mol. The number of hydrogen-bond acceptors (Lipinski definition) is 6. The van der Waals surface area contributed by atoms with Gasteiger partial charge in [-0.05, 0) is 128 Å². The molecule has 452 valence electrons. The number of ether oxygens (including phenoxy) is 3. The predicted molar refractivity (Wildman–Crippen MR) is 343 cm³/mol. The third kappa shape index (κ3) is 64.8. The first-order valence-electron chi connectivity index (χ1n) is 33.4.